The molecule has 2 atom stereocenters. The fourth-order valence-electron chi connectivity index (χ4n) is 5.12. The Morgan fingerprint density at radius 1 is 1.24 bits per heavy atom. The molecule has 2 aliphatic rings. The molecule has 8 nitrogen and oxygen atoms in total. The molecule has 1 N–H and O–H groups in total. The highest BCUT2D eigenvalue weighted by atomic mass is 35.5. The zero-order valence-electron chi connectivity index (χ0n) is 21.6. The Morgan fingerprint density at radius 3 is 2.54 bits per heavy atom. The number of fused-ring (bicyclic) bond motifs is 1. The van der Waals surface area contributed by atoms with E-state index in [9.17, 15) is 19.1 Å². The summed E-state index contributed by atoms with van der Waals surface area (Å²) in [5, 5.41) is 10.4. The van der Waals surface area contributed by atoms with Crippen LogP contribution in [0.15, 0.2) is 24.5 Å². The molecule has 1 aromatic heterocycles. The van der Waals surface area contributed by atoms with E-state index in [-0.39, 0.29) is 17.4 Å². The lowest BCUT2D eigenvalue weighted by molar-refractivity contribution is -0.138. The van der Waals surface area contributed by atoms with Crippen molar-refractivity contribution in [2.24, 2.45) is 0 Å². The maximum Gasteiger partial charge on any atom is 0.408 e. The van der Waals surface area contributed by atoms with E-state index in [2.05, 4.69) is 21.8 Å². The van der Waals surface area contributed by atoms with Gasteiger partial charge in [0.25, 0.3) is 0 Å². The molecule has 11 heteroatoms. The van der Waals surface area contributed by atoms with Gasteiger partial charge in [-0.05, 0) is 44.9 Å². The Bertz CT molecular complexity index is 1170. The highest BCUT2D eigenvalue weighted by Gasteiger charge is 2.40. The Kier molecular flexibility index (Phi) is 8.18. The van der Waals surface area contributed by atoms with E-state index in [0.717, 1.165) is 23.7 Å². The molecule has 3 heterocycles. The smallest absolute Gasteiger partial charge is 0.408 e. The average Bonchev–Trinajstić information content (AvgIpc) is 3.28. The SMILES string of the molecule is CCC1SCc2ncnc(N3CCN(C(=O)[C@@H](Cc4ccc(Cl)c(F)c4)N(C(=O)O)C(C)(C)C)CC3)c21. The number of halogens is 2. The molecule has 0 spiro atoms. The van der Waals surface area contributed by atoms with Crippen molar-refractivity contribution in [1.29, 1.82) is 0 Å². The van der Waals surface area contributed by atoms with E-state index in [4.69, 9.17) is 11.6 Å². The van der Waals surface area contributed by atoms with Gasteiger partial charge in [0.2, 0.25) is 5.91 Å². The lowest BCUT2D eigenvalue weighted by atomic mass is 9.97. The number of carbonyl (C=O) groups is 2. The van der Waals surface area contributed by atoms with E-state index < -0.39 is 23.5 Å². The third-order valence-electron chi connectivity index (χ3n) is 6.89. The van der Waals surface area contributed by atoms with Crippen LogP contribution >= 0.6 is 23.4 Å². The molecule has 0 bridgehead atoms. The molecule has 2 aliphatic heterocycles. The molecule has 1 saturated heterocycles. The minimum Gasteiger partial charge on any atom is -0.465 e. The fourth-order valence-corrected chi connectivity index (χ4v) is 6.47. The summed E-state index contributed by atoms with van der Waals surface area (Å²) in [7, 11) is 0. The third-order valence-corrected chi connectivity index (χ3v) is 8.61. The van der Waals surface area contributed by atoms with Crippen molar-refractivity contribution in [1.82, 2.24) is 19.8 Å². The maximum absolute atomic E-state index is 14.2. The van der Waals surface area contributed by atoms with Gasteiger partial charge >= 0.3 is 6.09 Å². The number of hydrogen-bond acceptors (Lipinski definition) is 6. The molecule has 0 aliphatic carbocycles. The summed E-state index contributed by atoms with van der Waals surface area (Å²) in [5.41, 5.74) is 1.95. The molecule has 200 valence electrons. The van der Waals surface area contributed by atoms with Crippen LogP contribution in [0, 0.1) is 5.82 Å². The van der Waals surface area contributed by atoms with Crippen LogP contribution in [0.4, 0.5) is 15.0 Å². The first kappa shape index (κ1) is 27.4. The molecule has 1 unspecified atom stereocenters. The molecule has 37 heavy (non-hydrogen) atoms. The molecule has 1 fully saturated rings. The van der Waals surface area contributed by atoms with Crippen LogP contribution in [0.25, 0.3) is 0 Å². The number of hydrogen-bond donors (Lipinski definition) is 1. The van der Waals surface area contributed by atoms with Gasteiger partial charge in [0.05, 0.1) is 10.7 Å². The normalized spacial score (nSPS) is 18.5. The van der Waals surface area contributed by atoms with Gasteiger partial charge in [-0.3, -0.25) is 9.69 Å². The van der Waals surface area contributed by atoms with Gasteiger partial charge in [0.15, 0.2) is 0 Å². The highest BCUT2D eigenvalue weighted by Crippen LogP contribution is 2.46. The zero-order valence-corrected chi connectivity index (χ0v) is 23.2. The standard InChI is InChI=1S/C26H33ClFN5O3S/c1-5-21-22-19(14-37-21)29-15-30-23(22)31-8-10-32(11-9-31)24(34)20(33(25(35)36)26(2,3)4)13-16-6-7-17(27)18(28)12-16/h6-7,12,15,20-21H,5,8-11,13-14H2,1-4H3,(H,35,36)/t20-,21?/m1/s1. The average molecular weight is 550 g/mol. The van der Waals surface area contributed by atoms with Crippen LogP contribution in [0.3, 0.4) is 0 Å². The van der Waals surface area contributed by atoms with Gasteiger partial charge < -0.3 is 14.9 Å². The van der Waals surface area contributed by atoms with Gasteiger partial charge in [-0.1, -0.05) is 24.6 Å². The van der Waals surface area contributed by atoms with Crippen molar-refractivity contribution in [2.45, 2.75) is 63.1 Å². The number of amides is 2. The molecule has 1 aromatic carbocycles. The number of aromatic nitrogens is 2. The summed E-state index contributed by atoms with van der Waals surface area (Å²) < 4.78 is 14.2. The van der Waals surface area contributed by atoms with E-state index in [1.807, 2.05) is 11.8 Å². The predicted octanol–water partition coefficient (Wildman–Crippen LogP) is 5.01. The molecular formula is C26H33ClFN5O3S. The number of rotatable bonds is 6. The van der Waals surface area contributed by atoms with E-state index >= 15 is 0 Å². The first-order valence-corrected chi connectivity index (χ1v) is 13.9. The summed E-state index contributed by atoms with van der Waals surface area (Å²) >= 11 is 7.71. The van der Waals surface area contributed by atoms with Crippen LogP contribution in [-0.4, -0.2) is 74.6 Å². The predicted molar refractivity (Wildman–Crippen MR) is 144 cm³/mol. The minimum atomic E-state index is -1.20. The van der Waals surface area contributed by atoms with Crippen LogP contribution in [0.2, 0.25) is 5.02 Å². The quantitative estimate of drug-likeness (QED) is 0.542. The number of nitrogens with zero attached hydrogens (tertiary/aromatic N) is 5. The largest absolute Gasteiger partial charge is 0.465 e. The maximum atomic E-state index is 14.2. The zero-order chi connectivity index (χ0) is 26.9. The third kappa shape index (κ3) is 5.80. The Morgan fingerprint density at radius 2 is 1.95 bits per heavy atom. The first-order valence-electron chi connectivity index (χ1n) is 12.5. The molecular weight excluding hydrogens is 517 g/mol. The highest BCUT2D eigenvalue weighted by molar-refractivity contribution is 7.99. The summed E-state index contributed by atoms with van der Waals surface area (Å²) in [5.74, 6) is 0.927. The number of benzene rings is 1. The summed E-state index contributed by atoms with van der Waals surface area (Å²) in [4.78, 5) is 40.3. The van der Waals surface area contributed by atoms with Crippen molar-refractivity contribution in [3.63, 3.8) is 0 Å². The van der Waals surface area contributed by atoms with E-state index in [1.54, 1.807) is 38.1 Å². The molecule has 2 amide bonds. The molecule has 0 saturated carbocycles. The lowest BCUT2D eigenvalue weighted by Crippen LogP contribution is -2.60. The molecule has 4 rings (SSSR count). The van der Waals surface area contributed by atoms with Crippen molar-refractivity contribution >= 4 is 41.2 Å². The van der Waals surface area contributed by atoms with Crippen molar-refractivity contribution in [3.8, 4) is 0 Å². The summed E-state index contributed by atoms with van der Waals surface area (Å²) in [6.07, 6.45) is 1.46. The first-order chi connectivity index (χ1) is 17.5. The number of anilines is 1. The van der Waals surface area contributed by atoms with E-state index in [0.29, 0.717) is 37.0 Å². The van der Waals surface area contributed by atoms with Crippen molar-refractivity contribution in [2.75, 3.05) is 31.1 Å². The van der Waals surface area contributed by atoms with Crippen LogP contribution in [0.5, 0.6) is 0 Å². The monoisotopic (exact) mass is 549 g/mol. The number of carbonyl (C=O) groups excluding carboxylic acids is 1. The van der Waals surface area contributed by atoms with Gasteiger partial charge in [-0.2, -0.15) is 0 Å². The Hall–Kier alpha value is -2.59. The number of piperazine rings is 1. The minimum absolute atomic E-state index is 0.0198. The second-order valence-corrected chi connectivity index (χ2v) is 12.0. The summed E-state index contributed by atoms with van der Waals surface area (Å²) in [6, 6.07) is 3.32. The van der Waals surface area contributed by atoms with Gasteiger partial charge in [-0.25, -0.2) is 19.2 Å². The van der Waals surface area contributed by atoms with Crippen molar-refractivity contribution in [3.05, 3.63) is 52.2 Å². The van der Waals surface area contributed by atoms with Crippen LogP contribution < -0.4 is 4.90 Å². The lowest BCUT2D eigenvalue weighted by Gasteiger charge is -2.43. The number of thioether (sulfide) groups is 1. The van der Waals surface area contributed by atoms with Gasteiger partial charge in [0, 0.05) is 54.7 Å². The van der Waals surface area contributed by atoms with Crippen molar-refractivity contribution < 1.29 is 19.1 Å². The Labute approximate surface area is 226 Å². The second-order valence-electron chi connectivity index (χ2n) is 10.4. The Balaban J connectivity index is 1.55. The van der Waals surface area contributed by atoms with Crippen LogP contribution in [0.1, 0.15) is 56.2 Å². The van der Waals surface area contributed by atoms with E-state index in [1.165, 1.54) is 22.6 Å². The van der Waals surface area contributed by atoms with Crippen LogP contribution in [-0.2, 0) is 17.0 Å². The van der Waals surface area contributed by atoms with Gasteiger partial charge in [0.1, 0.15) is 24.0 Å². The summed E-state index contributed by atoms with van der Waals surface area (Å²) in [6.45, 7) is 9.45. The molecule has 0 radical (unpaired) electrons. The number of carboxylic acid groups (broad SMARTS) is 1. The van der Waals surface area contributed by atoms with Gasteiger partial charge in [-0.15, -0.1) is 11.8 Å². The topological polar surface area (TPSA) is 89.9 Å². The second kappa shape index (κ2) is 11.0. The fraction of sp³-hybridized carbons (Fsp3) is 0.538. The molecule has 2 aromatic rings.